The van der Waals surface area contributed by atoms with E-state index in [2.05, 4.69) is 4.98 Å². The first-order chi connectivity index (χ1) is 8.63. The Hall–Kier alpha value is -1.74. The zero-order valence-electron chi connectivity index (χ0n) is 10.3. The molecule has 0 saturated carbocycles. The number of para-hydroxylation sites is 1. The summed E-state index contributed by atoms with van der Waals surface area (Å²) in [6.07, 6.45) is 1.75. The Kier molecular flexibility index (Phi) is 3.72. The fourth-order valence-corrected chi connectivity index (χ4v) is 2.05. The summed E-state index contributed by atoms with van der Waals surface area (Å²) < 4.78 is 4.94. The van der Waals surface area contributed by atoms with Gasteiger partial charge in [-0.15, -0.1) is 0 Å². The number of H-pyrrole nitrogens is 1. The molecule has 0 bridgehead atoms. The van der Waals surface area contributed by atoms with Crippen LogP contribution in [0.25, 0.3) is 17.0 Å². The van der Waals surface area contributed by atoms with E-state index >= 15 is 0 Å². The molecule has 0 spiro atoms. The van der Waals surface area contributed by atoms with Gasteiger partial charge in [0.2, 0.25) is 0 Å². The van der Waals surface area contributed by atoms with Gasteiger partial charge in [0.05, 0.1) is 6.61 Å². The maximum Gasteiger partial charge on any atom is 0.333 e. The van der Waals surface area contributed by atoms with Crippen LogP contribution in [0.15, 0.2) is 29.8 Å². The summed E-state index contributed by atoms with van der Waals surface area (Å²) in [5, 5.41) is 1.52. The monoisotopic (exact) mass is 263 g/mol. The van der Waals surface area contributed by atoms with Crippen LogP contribution in [-0.4, -0.2) is 17.6 Å². The van der Waals surface area contributed by atoms with Crippen molar-refractivity contribution >= 4 is 34.5 Å². The molecule has 0 amide bonds. The molecule has 0 saturated heterocycles. The quantitative estimate of drug-likeness (QED) is 0.676. The van der Waals surface area contributed by atoms with E-state index in [1.807, 2.05) is 24.3 Å². The molecule has 0 aliphatic heterocycles. The van der Waals surface area contributed by atoms with Gasteiger partial charge in [-0.05, 0) is 26.0 Å². The van der Waals surface area contributed by atoms with Crippen LogP contribution in [-0.2, 0) is 9.53 Å². The van der Waals surface area contributed by atoms with Crippen LogP contribution in [0.3, 0.4) is 0 Å². The van der Waals surface area contributed by atoms with Crippen molar-refractivity contribution in [3.8, 4) is 0 Å². The lowest BCUT2D eigenvalue weighted by molar-refractivity contribution is -0.138. The van der Waals surface area contributed by atoms with E-state index in [4.69, 9.17) is 16.3 Å². The number of esters is 1. The van der Waals surface area contributed by atoms with Crippen molar-refractivity contribution in [1.29, 1.82) is 0 Å². The molecule has 1 aromatic heterocycles. The number of nitrogens with one attached hydrogen (secondary N) is 1. The van der Waals surface area contributed by atoms with Crippen molar-refractivity contribution in [2.24, 2.45) is 0 Å². The number of carbonyl (C=O) groups excluding carboxylic acids is 1. The molecule has 0 fully saturated rings. The highest BCUT2D eigenvalue weighted by atomic mass is 35.5. The highest BCUT2D eigenvalue weighted by molar-refractivity contribution is 6.32. The van der Waals surface area contributed by atoms with Gasteiger partial charge in [-0.3, -0.25) is 0 Å². The number of hydrogen-bond acceptors (Lipinski definition) is 2. The third kappa shape index (κ3) is 2.41. The van der Waals surface area contributed by atoms with Crippen LogP contribution in [0.5, 0.6) is 0 Å². The average molecular weight is 264 g/mol. The van der Waals surface area contributed by atoms with E-state index in [9.17, 15) is 4.79 Å². The number of fused-ring (bicyclic) bond motifs is 1. The Morgan fingerprint density at radius 2 is 2.17 bits per heavy atom. The number of halogens is 1. The zero-order chi connectivity index (χ0) is 13.1. The summed E-state index contributed by atoms with van der Waals surface area (Å²) >= 11 is 6.14. The summed E-state index contributed by atoms with van der Waals surface area (Å²) in [6, 6.07) is 7.77. The maximum atomic E-state index is 11.6. The third-order valence-corrected chi connectivity index (χ3v) is 2.95. The molecule has 0 unspecified atom stereocenters. The van der Waals surface area contributed by atoms with E-state index in [0.29, 0.717) is 17.3 Å². The van der Waals surface area contributed by atoms with E-state index in [1.54, 1.807) is 19.9 Å². The SMILES string of the molecule is CCOC(=O)/C(C)=C/c1c(Cl)[nH]c2ccccc12. The first-order valence-electron chi connectivity index (χ1n) is 5.75. The van der Waals surface area contributed by atoms with Crippen LogP contribution in [0.1, 0.15) is 19.4 Å². The molecule has 1 heterocycles. The predicted molar refractivity (Wildman–Crippen MR) is 73.6 cm³/mol. The van der Waals surface area contributed by atoms with E-state index in [0.717, 1.165) is 16.5 Å². The van der Waals surface area contributed by atoms with Gasteiger partial charge in [-0.1, -0.05) is 29.8 Å². The zero-order valence-corrected chi connectivity index (χ0v) is 11.0. The van der Waals surface area contributed by atoms with E-state index in [1.165, 1.54) is 0 Å². The largest absolute Gasteiger partial charge is 0.463 e. The minimum atomic E-state index is -0.321. The number of aromatic amines is 1. The third-order valence-electron chi connectivity index (χ3n) is 2.66. The molecule has 94 valence electrons. The van der Waals surface area contributed by atoms with Gasteiger partial charge in [-0.25, -0.2) is 4.79 Å². The molecule has 0 aliphatic carbocycles. The Morgan fingerprint density at radius 1 is 1.44 bits per heavy atom. The summed E-state index contributed by atoms with van der Waals surface area (Å²) in [6.45, 7) is 3.87. The van der Waals surface area contributed by atoms with Crippen LogP contribution < -0.4 is 0 Å². The number of ether oxygens (including phenoxy) is 1. The van der Waals surface area contributed by atoms with Crippen molar-refractivity contribution in [1.82, 2.24) is 4.98 Å². The van der Waals surface area contributed by atoms with Gasteiger partial charge < -0.3 is 9.72 Å². The second-order valence-corrected chi connectivity index (χ2v) is 4.32. The summed E-state index contributed by atoms with van der Waals surface area (Å²) in [7, 11) is 0. The number of hydrogen-bond donors (Lipinski definition) is 1. The van der Waals surface area contributed by atoms with Crippen LogP contribution in [0.2, 0.25) is 5.15 Å². The topological polar surface area (TPSA) is 42.1 Å². The maximum absolute atomic E-state index is 11.6. The Balaban J connectivity index is 2.45. The van der Waals surface area contributed by atoms with Gasteiger partial charge >= 0.3 is 5.97 Å². The highest BCUT2D eigenvalue weighted by Crippen LogP contribution is 2.28. The Morgan fingerprint density at radius 3 is 2.89 bits per heavy atom. The highest BCUT2D eigenvalue weighted by Gasteiger charge is 2.10. The molecule has 1 N–H and O–H groups in total. The number of aromatic nitrogens is 1. The molecule has 0 radical (unpaired) electrons. The van der Waals surface area contributed by atoms with E-state index < -0.39 is 0 Å². The molecular weight excluding hydrogens is 250 g/mol. The van der Waals surface area contributed by atoms with Crippen LogP contribution >= 0.6 is 11.6 Å². The lowest BCUT2D eigenvalue weighted by Crippen LogP contribution is -2.04. The second-order valence-electron chi connectivity index (χ2n) is 3.95. The smallest absolute Gasteiger partial charge is 0.333 e. The number of carbonyl (C=O) groups is 1. The molecule has 2 rings (SSSR count). The molecule has 1 aromatic carbocycles. The molecule has 3 nitrogen and oxygen atoms in total. The summed E-state index contributed by atoms with van der Waals surface area (Å²) in [5.41, 5.74) is 2.30. The lowest BCUT2D eigenvalue weighted by atomic mass is 10.1. The van der Waals surface area contributed by atoms with Crippen LogP contribution in [0, 0.1) is 0 Å². The predicted octanol–water partition coefficient (Wildman–Crippen LogP) is 3.79. The van der Waals surface area contributed by atoms with Gasteiger partial charge in [-0.2, -0.15) is 0 Å². The number of rotatable bonds is 3. The molecule has 2 aromatic rings. The van der Waals surface area contributed by atoms with Crippen molar-refractivity contribution in [2.75, 3.05) is 6.61 Å². The van der Waals surface area contributed by atoms with Crippen LogP contribution in [0.4, 0.5) is 0 Å². The van der Waals surface area contributed by atoms with Crippen molar-refractivity contribution < 1.29 is 9.53 Å². The van der Waals surface area contributed by atoms with Gasteiger partial charge in [0.25, 0.3) is 0 Å². The van der Waals surface area contributed by atoms with Gasteiger partial charge in [0, 0.05) is 22.0 Å². The molecule has 0 aliphatic rings. The molecule has 0 atom stereocenters. The standard InChI is InChI=1S/C14H14ClNO2/c1-3-18-14(17)9(2)8-11-10-6-4-5-7-12(10)16-13(11)15/h4-8,16H,3H2,1-2H3/b9-8+. The number of benzene rings is 1. The van der Waals surface area contributed by atoms with Crippen molar-refractivity contribution in [3.63, 3.8) is 0 Å². The molecule has 18 heavy (non-hydrogen) atoms. The molecular formula is C14H14ClNO2. The fraction of sp³-hybridized carbons (Fsp3) is 0.214. The Labute approximate surface area is 110 Å². The summed E-state index contributed by atoms with van der Waals surface area (Å²) in [4.78, 5) is 14.6. The average Bonchev–Trinajstić information content (AvgIpc) is 2.66. The normalized spacial score (nSPS) is 11.8. The van der Waals surface area contributed by atoms with Gasteiger partial charge in [0.1, 0.15) is 5.15 Å². The molecule has 4 heteroatoms. The lowest BCUT2D eigenvalue weighted by Gasteiger charge is -2.01. The first-order valence-corrected chi connectivity index (χ1v) is 6.13. The second kappa shape index (κ2) is 5.27. The first kappa shape index (κ1) is 12.7. The summed E-state index contributed by atoms with van der Waals surface area (Å²) in [5.74, 6) is -0.321. The minimum absolute atomic E-state index is 0.321. The Bertz CT molecular complexity index is 613. The fourth-order valence-electron chi connectivity index (χ4n) is 1.79. The minimum Gasteiger partial charge on any atom is -0.463 e. The van der Waals surface area contributed by atoms with E-state index in [-0.39, 0.29) is 5.97 Å². The van der Waals surface area contributed by atoms with Crippen molar-refractivity contribution in [3.05, 3.63) is 40.6 Å². The van der Waals surface area contributed by atoms with Gasteiger partial charge in [0.15, 0.2) is 0 Å². The van der Waals surface area contributed by atoms with Crippen molar-refractivity contribution in [2.45, 2.75) is 13.8 Å².